The van der Waals surface area contributed by atoms with Crippen LogP contribution >= 0.6 is 0 Å². The number of hydrogen-bond acceptors (Lipinski definition) is 4. The van der Waals surface area contributed by atoms with Gasteiger partial charge in [0.1, 0.15) is 0 Å². The Kier molecular flexibility index (Phi) is 5.90. The number of imide groups is 1. The summed E-state index contributed by atoms with van der Waals surface area (Å²) in [7, 11) is 0. The minimum atomic E-state index is -0.437. The first-order chi connectivity index (χ1) is 11.1. The van der Waals surface area contributed by atoms with E-state index in [2.05, 4.69) is 6.92 Å². The quantitative estimate of drug-likeness (QED) is 0.420. The highest BCUT2D eigenvalue weighted by atomic mass is 16.5. The zero-order valence-corrected chi connectivity index (χ0v) is 13.7. The number of ether oxygens (including phenoxy) is 1. The smallest absolute Gasteiger partial charge is 0.307 e. The van der Waals surface area contributed by atoms with Crippen molar-refractivity contribution in [2.75, 3.05) is 6.61 Å². The summed E-state index contributed by atoms with van der Waals surface area (Å²) in [6.45, 7) is 4.12. The van der Waals surface area contributed by atoms with E-state index in [1.807, 2.05) is 0 Å². The number of carbonyl (C=O) groups excluding carboxylic acids is 3. The van der Waals surface area contributed by atoms with Crippen LogP contribution in [0.15, 0.2) is 24.3 Å². The molecule has 1 unspecified atom stereocenters. The summed E-state index contributed by atoms with van der Waals surface area (Å²) in [6.07, 6.45) is 3.59. The molecule has 0 N–H and O–H groups in total. The second kappa shape index (κ2) is 7.90. The fourth-order valence-electron chi connectivity index (χ4n) is 2.90. The van der Waals surface area contributed by atoms with Gasteiger partial charge >= 0.3 is 5.97 Å². The third kappa shape index (κ3) is 3.78. The highest BCUT2D eigenvalue weighted by Crippen LogP contribution is 2.27. The molecule has 0 saturated carbocycles. The molecule has 5 nitrogen and oxygen atoms in total. The molecular weight excluding hydrogens is 294 g/mol. The molecule has 0 spiro atoms. The van der Waals surface area contributed by atoms with Gasteiger partial charge in [0.25, 0.3) is 11.8 Å². The molecule has 1 atom stereocenters. The maximum absolute atomic E-state index is 12.6. The SMILES string of the molecule is CCCCCC(CC(=O)OCC)N1C(=O)c2ccccc2C1=O. The molecule has 1 aliphatic rings. The van der Waals surface area contributed by atoms with Crippen molar-refractivity contribution in [3.05, 3.63) is 35.4 Å². The first-order valence-electron chi connectivity index (χ1n) is 8.22. The van der Waals surface area contributed by atoms with E-state index in [-0.39, 0.29) is 24.2 Å². The fourth-order valence-corrected chi connectivity index (χ4v) is 2.90. The van der Waals surface area contributed by atoms with E-state index >= 15 is 0 Å². The van der Waals surface area contributed by atoms with Crippen LogP contribution in [0.1, 0.15) is 66.7 Å². The predicted octanol–water partition coefficient (Wildman–Crippen LogP) is 3.18. The van der Waals surface area contributed by atoms with E-state index in [0.29, 0.717) is 24.2 Å². The maximum Gasteiger partial charge on any atom is 0.307 e. The average molecular weight is 317 g/mol. The van der Waals surface area contributed by atoms with Crippen molar-refractivity contribution in [2.45, 2.75) is 52.0 Å². The monoisotopic (exact) mass is 317 g/mol. The number of unbranched alkanes of at least 4 members (excludes halogenated alkanes) is 2. The largest absolute Gasteiger partial charge is 0.466 e. The van der Waals surface area contributed by atoms with Gasteiger partial charge in [-0.2, -0.15) is 0 Å². The molecule has 0 saturated heterocycles. The maximum atomic E-state index is 12.6. The molecule has 0 aliphatic carbocycles. The summed E-state index contributed by atoms with van der Waals surface area (Å²) in [5.74, 6) is -0.988. The van der Waals surface area contributed by atoms with Crippen molar-refractivity contribution in [3.8, 4) is 0 Å². The molecule has 1 aliphatic heterocycles. The molecule has 23 heavy (non-hydrogen) atoms. The van der Waals surface area contributed by atoms with Gasteiger partial charge in [0.15, 0.2) is 0 Å². The summed E-state index contributed by atoms with van der Waals surface area (Å²) >= 11 is 0. The summed E-state index contributed by atoms with van der Waals surface area (Å²) in [5, 5.41) is 0. The van der Waals surface area contributed by atoms with Gasteiger partial charge in [-0.1, -0.05) is 38.3 Å². The molecule has 124 valence electrons. The zero-order valence-electron chi connectivity index (χ0n) is 13.7. The third-order valence-corrected chi connectivity index (χ3v) is 4.04. The molecule has 1 aromatic carbocycles. The number of fused-ring (bicyclic) bond motifs is 1. The molecule has 1 aromatic rings. The van der Waals surface area contributed by atoms with Crippen LogP contribution in [0, 0.1) is 0 Å². The topological polar surface area (TPSA) is 63.7 Å². The second-order valence-electron chi connectivity index (χ2n) is 5.68. The lowest BCUT2D eigenvalue weighted by Crippen LogP contribution is -2.41. The van der Waals surface area contributed by atoms with E-state index in [1.165, 1.54) is 4.90 Å². The van der Waals surface area contributed by atoms with Crippen LogP contribution in [-0.4, -0.2) is 35.3 Å². The Bertz CT molecular complexity index is 561. The number of nitrogens with zero attached hydrogens (tertiary/aromatic N) is 1. The summed E-state index contributed by atoms with van der Waals surface area (Å²) in [6, 6.07) is 6.36. The first-order valence-corrected chi connectivity index (χ1v) is 8.22. The van der Waals surface area contributed by atoms with Gasteiger partial charge in [0.05, 0.1) is 30.2 Å². The molecule has 1 heterocycles. The Hall–Kier alpha value is -2.17. The number of amides is 2. The summed E-state index contributed by atoms with van der Waals surface area (Å²) < 4.78 is 5.00. The molecule has 0 radical (unpaired) electrons. The molecule has 2 rings (SSSR count). The number of carbonyl (C=O) groups is 3. The van der Waals surface area contributed by atoms with Crippen molar-refractivity contribution in [1.82, 2.24) is 4.90 Å². The number of rotatable bonds is 8. The molecule has 0 aromatic heterocycles. The Balaban J connectivity index is 2.19. The van der Waals surface area contributed by atoms with Crippen molar-refractivity contribution in [1.29, 1.82) is 0 Å². The number of esters is 1. The normalized spacial score (nSPS) is 14.8. The molecule has 2 amide bonds. The van der Waals surface area contributed by atoms with Gasteiger partial charge in [-0.15, -0.1) is 0 Å². The van der Waals surface area contributed by atoms with Gasteiger partial charge in [-0.05, 0) is 25.5 Å². The predicted molar refractivity (Wildman–Crippen MR) is 86.1 cm³/mol. The van der Waals surface area contributed by atoms with Crippen LogP contribution in [0.3, 0.4) is 0 Å². The highest BCUT2D eigenvalue weighted by molar-refractivity contribution is 6.21. The van der Waals surface area contributed by atoms with Gasteiger partial charge < -0.3 is 4.74 Å². The van der Waals surface area contributed by atoms with Crippen LogP contribution in [0.25, 0.3) is 0 Å². The van der Waals surface area contributed by atoms with E-state index in [9.17, 15) is 14.4 Å². The van der Waals surface area contributed by atoms with E-state index in [1.54, 1.807) is 31.2 Å². The summed E-state index contributed by atoms with van der Waals surface area (Å²) in [5.41, 5.74) is 0.837. The molecule has 0 bridgehead atoms. The Morgan fingerprint density at radius 3 is 2.22 bits per heavy atom. The lowest BCUT2D eigenvalue weighted by molar-refractivity contribution is -0.144. The number of benzene rings is 1. The van der Waals surface area contributed by atoms with Crippen LogP contribution < -0.4 is 0 Å². The van der Waals surface area contributed by atoms with Crippen LogP contribution in [0.2, 0.25) is 0 Å². The van der Waals surface area contributed by atoms with Gasteiger partial charge in [0.2, 0.25) is 0 Å². The van der Waals surface area contributed by atoms with Crippen molar-refractivity contribution >= 4 is 17.8 Å². The zero-order chi connectivity index (χ0) is 16.8. The standard InChI is InChI=1S/C18H23NO4/c1-3-5-6-9-13(12-16(20)23-4-2)19-17(21)14-10-7-8-11-15(14)18(19)22/h7-8,10-11,13H,3-6,9,12H2,1-2H3. The van der Waals surface area contributed by atoms with E-state index in [0.717, 1.165) is 19.3 Å². The van der Waals surface area contributed by atoms with Crippen LogP contribution in [0.5, 0.6) is 0 Å². The molecule has 5 heteroatoms. The van der Waals surface area contributed by atoms with Crippen LogP contribution in [-0.2, 0) is 9.53 Å². The molecule has 0 fully saturated rings. The van der Waals surface area contributed by atoms with Crippen LogP contribution in [0.4, 0.5) is 0 Å². The van der Waals surface area contributed by atoms with Gasteiger partial charge in [0, 0.05) is 0 Å². The first kappa shape index (κ1) is 17.2. The average Bonchev–Trinajstić information content (AvgIpc) is 2.79. The highest BCUT2D eigenvalue weighted by Gasteiger charge is 2.40. The van der Waals surface area contributed by atoms with Crippen molar-refractivity contribution in [3.63, 3.8) is 0 Å². The van der Waals surface area contributed by atoms with E-state index in [4.69, 9.17) is 4.74 Å². The Morgan fingerprint density at radius 2 is 1.70 bits per heavy atom. The van der Waals surface area contributed by atoms with E-state index < -0.39 is 6.04 Å². The fraction of sp³-hybridized carbons (Fsp3) is 0.500. The Labute approximate surface area is 136 Å². The minimum absolute atomic E-state index is 0.0586. The van der Waals surface area contributed by atoms with Crippen molar-refractivity contribution in [2.24, 2.45) is 0 Å². The lowest BCUT2D eigenvalue weighted by atomic mass is 10.0. The van der Waals surface area contributed by atoms with Gasteiger partial charge in [-0.3, -0.25) is 19.3 Å². The van der Waals surface area contributed by atoms with Crippen molar-refractivity contribution < 1.29 is 19.1 Å². The summed E-state index contributed by atoms with van der Waals surface area (Å²) in [4.78, 5) is 38.3. The number of hydrogen-bond donors (Lipinski definition) is 0. The molecular formula is C18H23NO4. The minimum Gasteiger partial charge on any atom is -0.466 e. The lowest BCUT2D eigenvalue weighted by Gasteiger charge is -2.25. The third-order valence-electron chi connectivity index (χ3n) is 4.04. The second-order valence-corrected chi connectivity index (χ2v) is 5.68. The Morgan fingerprint density at radius 1 is 1.09 bits per heavy atom. The van der Waals surface area contributed by atoms with Gasteiger partial charge in [-0.25, -0.2) is 0 Å².